The molecule has 1 aromatic rings. The fourth-order valence-electron chi connectivity index (χ4n) is 1.80. The number of ether oxygens (including phenoxy) is 2. The largest absolute Gasteiger partial charge is 0.486 e. The predicted molar refractivity (Wildman–Crippen MR) is 77.7 cm³/mol. The molecule has 1 aromatic carbocycles. The maximum Gasteiger partial charge on any atom is 0.179 e. The summed E-state index contributed by atoms with van der Waals surface area (Å²) in [7, 11) is -0.808. The molecule has 0 bridgehead atoms. The highest BCUT2D eigenvalue weighted by atomic mass is 35.5. The fraction of sp³-hybridized carbons (Fsp3) is 0.538. The minimum atomic E-state index is -0.808. The Morgan fingerprint density at radius 2 is 2.16 bits per heavy atom. The third kappa shape index (κ3) is 3.84. The second-order valence-electron chi connectivity index (χ2n) is 4.54. The minimum absolute atomic E-state index is 0.132. The number of halogens is 1. The van der Waals surface area contributed by atoms with Gasteiger partial charge >= 0.3 is 0 Å². The zero-order chi connectivity index (χ0) is 13.8. The quantitative estimate of drug-likeness (QED) is 0.903. The molecule has 1 aliphatic rings. The Morgan fingerprint density at radius 3 is 2.89 bits per heavy atom. The average Bonchev–Trinajstić information content (AvgIpc) is 2.38. The van der Waals surface area contributed by atoms with Crippen LogP contribution < -0.4 is 14.8 Å². The van der Waals surface area contributed by atoms with Gasteiger partial charge in [-0.05, 0) is 24.6 Å². The molecule has 0 spiro atoms. The van der Waals surface area contributed by atoms with Gasteiger partial charge in [-0.2, -0.15) is 0 Å². The first-order valence-electron chi connectivity index (χ1n) is 6.19. The van der Waals surface area contributed by atoms with Crippen molar-refractivity contribution in [2.24, 2.45) is 0 Å². The molecule has 1 aliphatic heterocycles. The molecule has 1 N–H and O–H groups in total. The molecular weight excluding hydrogens is 286 g/mol. The summed E-state index contributed by atoms with van der Waals surface area (Å²) in [6.45, 7) is 4.41. The maximum atomic E-state index is 11.2. The summed E-state index contributed by atoms with van der Waals surface area (Å²) in [6, 6.07) is 3.80. The maximum absolute atomic E-state index is 11.2. The van der Waals surface area contributed by atoms with Crippen molar-refractivity contribution in [2.75, 3.05) is 26.0 Å². The Balaban J connectivity index is 1.98. The van der Waals surface area contributed by atoms with Gasteiger partial charge in [0.2, 0.25) is 0 Å². The molecule has 0 saturated carbocycles. The molecule has 2 atom stereocenters. The van der Waals surface area contributed by atoms with Crippen LogP contribution >= 0.6 is 11.6 Å². The van der Waals surface area contributed by atoms with Crippen molar-refractivity contribution in [1.29, 1.82) is 0 Å². The van der Waals surface area contributed by atoms with Crippen LogP contribution in [-0.4, -0.2) is 35.5 Å². The van der Waals surface area contributed by atoms with E-state index in [0.29, 0.717) is 42.8 Å². The minimum Gasteiger partial charge on any atom is -0.486 e. The van der Waals surface area contributed by atoms with Crippen molar-refractivity contribution in [2.45, 2.75) is 18.7 Å². The average molecular weight is 304 g/mol. The molecule has 2 rings (SSSR count). The number of hydrogen-bond donors (Lipinski definition) is 1. The second kappa shape index (κ2) is 6.59. The van der Waals surface area contributed by atoms with E-state index >= 15 is 0 Å². The molecule has 0 fully saturated rings. The summed E-state index contributed by atoms with van der Waals surface area (Å²) in [6.07, 6.45) is 1.72. The zero-order valence-electron chi connectivity index (χ0n) is 11.1. The van der Waals surface area contributed by atoms with Crippen molar-refractivity contribution in [3.63, 3.8) is 0 Å². The van der Waals surface area contributed by atoms with E-state index < -0.39 is 10.8 Å². The van der Waals surface area contributed by atoms with Crippen molar-refractivity contribution in [1.82, 2.24) is 5.32 Å². The molecule has 0 saturated heterocycles. The van der Waals surface area contributed by atoms with Gasteiger partial charge in [0.25, 0.3) is 0 Å². The van der Waals surface area contributed by atoms with Crippen LogP contribution in [0.1, 0.15) is 12.5 Å². The van der Waals surface area contributed by atoms with Crippen molar-refractivity contribution in [3.05, 3.63) is 22.7 Å². The van der Waals surface area contributed by atoms with E-state index in [1.807, 2.05) is 19.1 Å². The molecule has 2 unspecified atom stereocenters. The van der Waals surface area contributed by atoms with Crippen LogP contribution in [0.3, 0.4) is 0 Å². The Hall–Kier alpha value is -0.780. The molecule has 0 aliphatic carbocycles. The summed E-state index contributed by atoms with van der Waals surface area (Å²) in [5.41, 5.74) is 1.03. The van der Waals surface area contributed by atoms with Crippen molar-refractivity contribution in [3.8, 4) is 11.5 Å². The Kier molecular flexibility index (Phi) is 5.07. The van der Waals surface area contributed by atoms with Gasteiger partial charge in [-0.3, -0.25) is 4.21 Å². The lowest BCUT2D eigenvalue weighted by atomic mass is 10.2. The van der Waals surface area contributed by atoms with Crippen molar-refractivity contribution < 1.29 is 13.7 Å². The first-order chi connectivity index (χ1) is 9.08. The first kappa shape index (κ1) is 14.6. The number of rotatable bonds is 5. The van der Waals surface area contributed by atoms with Gasteiger partial charge in [-0.25, -0.2) is 0 Å². The molecule has 106 valence electrons. The highest BCUT2D eigenvalue weighted by molar-refractivity contribution is 7.84. The monoisotopic (exact) mass is 303 g/mol. The Labute approximate surface area is 120 Å². The fourth-order valence-corrected chi connectivity index (χ4v) is 2.44. The summed E-state index contributed by atoms with van der Waals surface area (Å²) in [5.74, 6) is 1.32. The van der Waals surface area contributed by atoms with Crippen LogP contribution in [0.4, 0.5) is 0 Å². The SMILES string of the molecule is CC(CNCc1cc(Cl)c2c(c1)OCCO2)S(C)=O. The molecule has 19 heavy (non-hydrogen) atoms. The summed E-state index contributed by atoms with van der Waals surface area (Å²) in [5, 5.41) is 3.97. The number of hydrogen-bond acceptors (Lipinski definition) is 4. The van der Waals surface area contributed by atoms with E-state index in [0.717, 1.165) is 5.56 Å². The molecular formula is C13H18ClNO3S. The van der Waals surface area contributed by atoms with Gasteiger partial charge in [-0.1, -0.05) is 11.6 Å². The second-order valence-corrected chi connectivity index (χ2v) is 6.75. The van der Waals surface area contributed by atoms with E-state index in [1.165, 1.54) is 0 Å². The third-order valence-corrected chi connectivity index (χ3v) is 4.56. The molecule has 1 heterocycles. The van der Waals surface area contributed by atoms with Crippen LogP contribution in [0, 0.1) is 0 Å². The summed E-state index contributed by atoms with van der Waals surface area (Å²) >= 11 is 6.16. The third-order valence-electron chi connectivity index (χ3n) is 2.98. The van der Waals surface area contributed by atoms with Gasteiger partial charge in [0.05, 0.1) is 5.02 Å². The summed E-state index contributed by atoms with van der Waals surface area (Å²) < 4.78 is 22.2. The van der Waals surface area contributed by atoms with Gasteiger partial charge in [0.1, 0.15) is 13.2 Å². The molecule has 4 nitrogen and oxygen atoms in total. The summed E-state index contributed by atoms with van der Waals surface area (Å²) in [4.78, 5) is 0. The zero-order valence-corrected chi connectivity index (χ0v) is 12.6. The van der Waals surface area contributed by atoms with Crippen LogP contribution in [0.2, 0.25) is 5.02 Å². The lowest BCUT2D eigenvalue weighted by Crippen LogP contribution is -2.27. The predicted octanol–water partition coefficient (Wildman–Crippen LogP) is 1.97. The lowest BCUT2D eigenvalue weighted by molar-refractivity contribution is 0.171. The van der Waals surface area contributed by atoms with Crippen LogP contribution in [-0.2, 0) is 17.3 Å². The topological polar surface area (TPSA) is 47.6 Å². The van der Waals surface area contributed by atoms with Crippen molar-refractivity contribution >= 4 is 22.4 Å². The van der Waals surface area contributed by atoms with E-state index in [9.17, 15) is 4.21 Å². The molecule has 6 heteroatoms. The number of nitrogens with one attached hydrogen (secondary N) is 1. The van der Waals surface area contributed by atoms with E-state index in [2.05, 4.69) is 5.32 Å². The highest BCUT2D eigenvalue weighted by Gasteiger charge is 2.16. The van der Waals surface area contributed by atoms with Gasteiger partial charge < -0.3 is 14.8 Å². The van der Waals surface area contributed by atoms with E-state index in [-0.39, 0.29) is 5.25 Å². The Morgan fingerprint density at radius 1 is 1.42 bits per heavy atom. The van der Waals surface area contributed by atoms with E-state index in [1.54, 1.807) is 6.26 Å². The number of benzene rings is 1. The van der Waals surface area contributed by atoms with Gasteiger partial charge in [0.15, 0.2) is 11.5 Å². The van der Waals surface area contributed by atoms with Gasteiger partial charge in [0, 0.05) is 35.4 Å². The number of fused-ring (bicyclic) bond motifs is 1. The van der Waals surface area contributed by atoms with Crippen LogP contribution in [0.5, 0.6) is 11.5 Å². The van der Waals surface area contributed by atoms with Crippen LogP contribution in [0.25, 0.3) is 0 Å². The molecule has 0 amide bonds. The molecule has 0 radical (unpaired) electrons. The highest BCUT2D eigenvalue weighted by Crippen LogP contribution is 2.38. The lowest BCUT2D eigenvalue weighted by Gasteiger charge is -2.20. The first-order valence-corrected chi connectivity index (χ1v) is 8.19. The van der Waals surface area contributed by atoms with E-state index in [4.69, 9.17) is 21.1 Å². The smallest absolute Gasteiger partial charge is 0.179 e. The molecule has 0 aromatic heterocycles. The van der Waals surface area contributed by atoms with Crippen LogP contribution in [0.15, 0.2) is 12.1 Å². The van der Waals surface area contributed by atoms with Gasteiger partial charge in [-0.15, -0.1) is 0 Å². The standard InChI is InChI=1S/C13H18ClNO3S/c1-9(19(2)16)7-15-8-10-5-11(14)13-12(6-10)17-3-4-18-13/h5-6,9,15H,3-4,7-8H2,1-2H3. The normalized spacial score (nSPS) is 17.0. The Bertz CT molecular complexity index is 481.